The number of likely N-dealkylation sites (tertiary alicyclic amines) is 1. The van der Waals surface area contributed by atoms with Gasteiger partial charge in [0.2, 0.25) is 5.91 Å². The third kappa shape index (κ3) is 3.32. The van der Waals surface area contributed by atoms with Crippen LogP contribution in [0.4, 0.5) is 8.78 Å². The summed E-state index contributed by atoms with van der Waals surface area (Å²) < 4.78 is 32.7. The van der Waals surface area contributed by atoms with Crippen LogP contribution in [0, 0.1) is 17.6 Å². The summed E-state index contributed by atoms with van der Waals surface area (Å²) >= 11 is 0. The van der Waals surface area contributed by atoms with Crippen molar-refractivity contribution >= 4 is 11.9 Å². The van der Waals surface area contributed by atoms with Gasteiger partial charge in [-0.15, -0.1) is 0 Å². The Balaban J connectivity index is 1.28. The SMILES string of the molecule is O=C(NC1CCN([C@@H]2CCOC2=O)CC1)[C@H]1C[C@@H]1c1c(F)cccc1F. The lowest BCUT2D eigenvalue weighted by atomic mass is 10.0. The molecule has 7 heteroatoms. The summed E-state index contributed by atoms with van der Waals surface area (Å²) in [6.45, 7) is 1.96. The summed E-state index contributed by atoms with van der Waals surface area (Å²) in [6, 6.07) is 3.69. The normalized spacial score (nSPS) is 29.5. The Labute approximate surface area is 150 Å². The zero-order chi connectivity index (χ0) is 18.3. The van der Waals surface area contributed by atoms with Crippen LogP contribution in [0.5, 0.6) is 0 Å². The highest BCUT2D eigenvalue weighted by Crippen LogP contribution is 2.49. The fraction of sp³-hybridized carbons (Fsp3) is 0.579. The molecule has 0 bridgehead atoms. The fourth-order valence-electron chi connectivity index (χ4n) is 4.15. The number of carbonyl (C=O) groups is 2. The number of amides is 1. The number of rotatable bonds is 4. The molecule has 5 nitrogen and oxygen atoms in total. The molecular formula is C19H22F2N2O3. The number of piperidine rings is 1. The summed E-state index contributed by atoms with van der Waals surface area (Å²) in [5.74, 6) is -2.17. The summed E-state index contributed by atoms with van der Waals surface area (Å²) in [5.41, 5.74) is 0.0298. The molecule has 1 aromatic carbocycles. The van der Waals surface area contributed by atoms with Crippen LogP contribution >= 0.6 is 0 Å². The van der Waals surface area contributed by atoms with Gasteiger partial charge in [-0.2, -0.15) is 0 Å². The minimum atomic E-state index is -0.581. The number of nitrogens with zero attached hydrogens (tertiary/aromatic N) is 1. The van der Waals surface area contributed by atoms with Crippen molar-refractivity contribution in [3.8, 4) is 0 Å². The van der Waals surface area contributed by atoms with Crippen molar-refractivity contribution in [3.05, 3.63) is 35.4 Å². The molecule has 3 aliphatic rings. The van der Waals surface area contributed by atoms with Gasteiger partial charge in [0.05, 0.1) is 6.61 Å². The largest absolute Gasteiger partial charge is 0.464 e. The summed E-state index contributed by atoms with van der Waals surface area (Å²) in [7, 11) is 0. The maximum Gasteiger partial charge on any atom is 0.323 e. The molecule has 1 aromatic rings. The van der Waals surface area contributed by atoms with Gasteiger partial charge in [-0.25, -0.2) is 8.78 Å². The highest BCUT2D eigenvalue weighted by atomic mass is 19.1. The van der Waals surface area contributed by atoms with Crippen LogP contribution in [0.3, 0.4) is 0 Å². The van der Waals surface area contributed by atoms with Gasteiger partial charge >= 0.3 is 5.97 Å². The van der Waals surface area contributed by atoms with Crippen molar-refractivity contribution < 1.29 is 23.1 Å². The zero-order valence-electron chi connectivity index (χ0n) is 14.4. The second-order valence-corrected chi connectivity index (χ2v) is 7.37. The van der Waals surface area contributed by atoms with Crippen molar-refractivity contribution in [2.75, 3.05) is 19.7 Å². The molecule has 2 aliphatic heterocycles. The highest BCUT2D eigenvalue weighted by molar-refractivity contribution is 5.83. The van der Waals surface area contributed by atoms with Crippen molar-refractivity contribution in [1.82, 2.24) is 10.2 Å². The van der Waals surface area contributed by atoms with Gasteiger partial charge in [-0.05, 0) is 31.4 Å². The highest BCUT2D eigenvalue weighted by Gasteiger charge is 2.47. The first-order valence-corrected chi connectivity index (χ1v) is 9.19. The molecule has 1 saturated carbocycles. The predicted molar refractivity (Wildman–Crippen MR) is 89.3 cm³/mol. The average molecular weight is 364 g/mol. The number of benzene rings is 1. The molecule has 2 saturated heterocycles. The molecule has 4 rings (SSSR count). The molecule has 2 heterocycles. The molecule has 3 fully saturated rings. The van der Waals surface area contributed by atoms with E-state index in [1.54, 1.807) is 0 Å². The van der Waals surface area contributed by atoms with E-state index in [0.29, 0.717) is 13.0 Å². The first-order valence-electron chi connectivity index (χ1n) is 9.19. The molecule has 0 unspecified atom stereocenters. The second-order valence-electron chi connectivity index (χ2n) is 7.37. The maximum atomic E-state index is 13.8. The third-order valence-corrected chi connectivity index (χ3v) is 5.72. The van der Waals surface area contributed by atoms with E-state index in [0.717, 1.165) is 32.4 Å². The summed E-state index contributed by atoms with van der Waals surface area (Å²) in [4.78, 5) is 26.2. The Bertz CT molecular complexity index is 698. The molecule has 1 amide bonds. The lowest BCUT2D eigenvalue weighted by molar-refractivity contribution is -0.142. The third-order valence-electron chi connectivity index (χ3n) is 5.72. The molecular weight excluding hydrogens is 342 g/mol. The van der Waals surface area contributed by atoms with Crippen LogP contribution in [-0.2, 0) is 14.3 Å². The standard InChI is InChI=1S/C19H22F2N2O3/c20-14-2-1-3-15(21)17(14)12-10-13(12)18(24)22-11-4-7-23(8-5-11)16-6-9-26-19(16)25/h1-3,11-13,16H,4-10H2,(H,22,24)/t12-,13-,16+/m0/s1. The zero-order valence-corrected chi connectivity index (χ0v) is 14.4. The Morgan fingerprint density at radius 3 is 2.46 bits per heavy atom. The van der Waals surface area contributed by atoms with E-state index >= 15 is 0 Å². The first-order chi connectivity index (χ1) is 12.5. The van der Waals surface area contributed by atoms with Crippen LogP contribution in [0.25, 0.3) is 0 Å². The van der Waals surface area contributed by atoms with Crippen molar-refractivity contribution in [1.29, 1.82) is 0 Å². The second kappa shape index (κ2) is 6.95. The van der Waals surface area contributed by atoms with E-state index in [2.05, 4.69) is 10.2 Å². The minimum Gasteiger partial charge on any atom is -0.464 e. The van der Waals surface area contributed by atoms with Gasteiger partial charge in [0.15, 0.2) is 0 Å². The average Bonchev–Trinajstić information content (AvgIpc) is 3.29. The maximum absolute atomic E-state index is 13.8. The number of nitrogens with one attached hydrogen (secondary N) is 1. The molecule has 0 radical (unpaired) electrons. The monoisotopic (exact) mass is 364 g/mol. The topological polar surface area (TPSA) is 58.6 Å². The van der Waals surface area contributed by atoms with Crippen molar-refractivity contribution in [2.45, 2.75) is 43.7 Å². The Morgan fingerprint density at radius 2 is 1.85 bits per heavy atom. The van der Waals surface area contributed by atoms with E-state index in [9.17, 15) is 18.4 Å². The molecule has 0 spiro atoms. The van der Waals surface area contributed by atoms with Gasteiger partial charge in [-0.3, -0.25) is 14.5 Å². The van der Waals surface area contributed by atoms with Gasteiger partial charge in [0.25, 0.3) is 0 Å². The Morgan fingerprint density at radius 1 is 1.15 bits per heavy atom. The summed E-state index contributed by atoms with van der Waals surface area (Å²) in [6.07, 6.45) is 2.74. The predicted octanol–water partition coefficient (Wildman–Crippen LogP) is 1.96. The lowest BCUT2D eigenvalue weighted by Crippen LogP contribution is -2.49. The van der Waals surface area contributed by atoms with Gasteiger partial charge in [0.1, 0.15) is 17.7 Å². The minimum absolute atomic E-state index is 0.0298. The quantitative estimate of drug-likeness (QED) is 0.830. The van der Waals surface area contributed by atoms with Crippen LogP contribution in [-0.4, -0.2) is 48.6 Å². The van der Waals surface area contributed by atoms with Gasteiger partial charge in [0, 0.05) is 43.0 Å². The number of hydrogen-bond acceptors (Lipinski definition) is 4. The number of halogens is 2. The van der Waals surface area contributed by atoms with Crippen LogP contribution in [0.1, 0.15) is 37.2 Å². The Hall–Kier alpha value is -2.02. The lowest BCUT2D eigenvalue weighted by Gasteiger charge is -2.34. The molecule has 1 N–H and O–H groups in total. The number of esters is 1. The molecule has 0 aromatic heterocycles. The smallest absolute Gasteiger partial charge is 0.323 e. The molecule has 140 valence electrons. The first kappa shape index (κ1) is 17.4. The van der Waals surface area contributed by atoms with E-state index < -0.39 is 11.6 Å². The van der Waals surface area contributed by atoms with Crippen LogP contribution in [0.2, 0.25) is 0 Å². The van der Waals surface area contributed by atoms with Gasteiger partial charge in [-0.1, -0.05) is 6.07 Å². The fourth-order valence-corrected chi connectivity index (χ4v) is 4.15. The van der Waals surface area contributed by atoms with Crippen LogP contribution < -0.4 is 5.32 Å². The van der Waals surface area contributed by atoms with Crippen molar-refractivity contribution in [2.24, 2.45) is 5.92 Å². The van der Waals surface area contributed by atoms with Gasteiger partial charge < -0.3 is 10.1 Å². The van der Waals surface area contributed by atoms with E-state index in [-0.39, 0.29) is 41.4 Å². The van der Waals surface area contributed by atoms with Crippen molar-refractivity contribution in [3.63, 3.8) is 0 Å². The molecule has 26 heavy (non-hydrogen) atoms. The number of cyclic esters (lactones) is 1. The molecule has 1 aliphatic carbocycles. The van der Waals surface area contributed by atoms with E-state index in [1.807, 2.05) is 0 Å². The van der Waals surface area contributed by atoms with E-state index in [1.165, 1.54) is 18.2 Å². The Kier molecular flexibility index (Phi) is 4.65. The number of hydrogen-bond donors (Lipinski definition) is 1. The number of carbonyl (C=O) groups excluding carboxylic acids is 2. The summed E-state index contributed by atoms with van der Waals surface area (Å²) in [5, 5.41) is 3.02. The van der Waals surface area contributed by atoms with Crippen LogP contribution in [0.15, 0.2) is 18.2 Å². The number of ether oxygens (including phenoxy) is 1. The van der Waals surface area contributed by atoms with E-state index in [4.69, 9.17) is 4.74 Å². The molecule has 3 atom stereocenters.